The van der Waals surface area contributed by atoms with Gasteiger partial charge in [0.15, 0.2) is 0 Å². The summed E-state index contributed by atoms with van der Waals surface area (Å²) < 4.78 is 0. The Morgan fingerprint density at radius 3 is 2.92 bits per heavy atom. The molecule has 2 heteroatoms. The zero-order valence-electron chi connectivity index (χ0n) is 7.05. The first-order valence-electron chi connectivity index (χ1n) is 4.23. The average molecular weight is 182 g/mol. The predicted molar refractivity (Wildman–Crippen MR) is 51.2 cm³/mol. The Labute approximate surface area is 77.5 Å². The third-order valence-electron chi connectivity index (χ3n) is 2.65. The molecule has 64 valence electrons. The summed E-state index contributed by atoms with van der Waals surface area (Å²) in [5.74, 6) is 0.528. The lowest BCUT2D eigenvalue weighted by molar-refractivity contribution is 0.513. The second kappa shape index (κ2) is 2.75. The summed E-state index contributed by atoms with van der Waals surface area (Å²) in [6.07, 6.45) is 1.02. The van der Waals surface area contributed by atoms with E-state index >= 15 is 0 Å². The Morgan fingerprint density at radius 2 is 2.25 bits per heavy atom. The second-order valence-corrected chi connectivity index (χ2v) is 3.92. The van der Waals surface area contributed by atoms with Crippen LogP contribution in [0, 0.1) is 5.92 Å². The van der Waals surface area contributed by atoms with Gasteiger partial charge in [-0.25, -0.2) is 0 Å². The summed E-state index contributed by atoms with van der Waals surface area (Å²) in [6, 6.07) is 6.17. The molecule has 0 radical (unpaired) electrons. The summed E-state index contributed by atoms with van der Waals surface area (Å²) >= 11 is 6.04. The number of halogens is 1. The van der Waals surface area contributed by atoms with E-state index in [9.17, 15) is 0 Å². The van der Waals surface area contributed by atoms with Crippen molar-refractivity contribution in [2.24, 2.45) is 11.7 Å². The predicted octanol–water partition coefficient (Wildman–Crippen LogP) is 2.53. The van der Waals surface area contributed by atoms with Crippen LogP contribution in [0.25, 0.3) is 0 Å². The quantitative estimate of drug-likeness (QED) is 0.654. The highest BCUT2D eigenvalue weighted by Crippen LogP contribution is 2.37. The van der Waals surface area contributed by atoms with E-state index in [1.807, 2.05) is 12.1 Å². The van der Waals surface area contributed by atoms with Crippen LogP contribution in [0.1, 0.15) is 24.1 Å². The molecule has 2 N–H and O–H groups in total. The zero-order valence-corrected chi connectivity index (χ0v) is 7.81. The van der Waals surface area contributed by atoms with Gasteiger partial charge in [-0.05, 0) is 29.5 Å². The largest absolute Gasteiger partial charge is 0.324 e. The summed E-state index contributed by atoms with van der Waals surface area (Å²) in [4.78, 5) is 0. The van der Waals surface area contributed by atoms with E-state index in [4.69, 9.17) is 17.3 Å². The number of rotatable bonds is 0. The number of benzene rings is 1. The Hall–Kier alpha value is -0.530. The standard InChI is InChI=1S/C10H12ClN/c1-6-5-8-7(10(6)12)3-2-4-9(8)11/h2-4,6,10H,5,12H2,1H3/t6-,10-/m1/s1. The van der Waals surface area contributed by atoms with Crippen LogP contribution in [0.3, 0.4) is 0 Å². The fourth-order valence-electron chi connectivity index (χ4n) is 1.86. The van der Waals surface area contributed by atoms with Crippen molar-refractivity contribution >= 4 is 11.6 Å². The molecule has 12 heavy (non-hydrogen) atoms. The summed E-state index contributed by atoms with van der Waals surface area (Å²) in [5.41, 5.74) is 8.48. The first-order chi connectivity index (χ1) is 5.70. The lowest BCUT2D eigenvalue weighted by Crippen LogP contribution is -2.13. The molecule has 0 saturated carbocycles. The third-order valence-corrected chi connectivity index (χ3v) is 3.01. The summed E-state index contributed by atoms with van der Waals surface area (Å²) in [5, 5.41) is 0.868. The number of hydrogen-bond donors (Lipinski definition) is 1. The molecule has 0 saturated heterocycles. The molecule has 0 spiro atoms. The fourth-order valence-corrected chi connectivity index (χ4v) is 2.12. The molecule has 2 atom stereocenters. The van der Waals surface area contributed by atoms with Crippen molar-refractivity contribution in [1.29, 1.82) is 0 Å². The van der Waals surface area contributed by atoms with Gasteiger partial charge in [-0.15, -0.1) is 0 Å². The minimum atomic E-state index is 0.179. The second-order valence-electron chi connectivity index (χ2n) is 3.51. The smallest absolute Gasteiger partial charge is 0.0441 e. The Balaban J connectivity index is 2.53. The molecule has 1 aromatic carbocycles. The van der Waals surface area contributed by atoms with E-state index in [0.29, 0.717) is 5.92 Å². The highest BCUT2D eigenvalue weighted by atomic mass is 35.5. The minimum absolute atomic E-state index is 0.179. The maximum atomic E-state index is 6.04. The van der Waals surface area contributed by atoms with Gasteiger partial charge >= 0.3 is 0 Å². The van der Waals surface area contributed by atoms with Crippen molar-refractivity contribution in [1.82, 2.24) is 0 Å². The molecule has 0 heterocycles. The number of fused-ring (bicyclic) bond motifs is 1. The van der Waals surface area contributed by atoms with Crippen LogP contribution >= 0.6 is 11.6 Å². The van der Waals surface area contributed by atoms with E-state index in [1.165, 1.54) is 11.1 Å². The molecule has 2 rings (SSSR count). The monoisotopic (exact) mass is 181 g/mol. The SMILES string of the molecule is C[C@@H]1Cc2c(Cl)cccc2[C@@H]1N. The van der Waals surface area contributed by atoms with Crippen molar-refractivity contribution in [2.45, 2.75) is 19.4 Å². The van der Waals surface area contributed by atoms with Crippen LogP contribution in [0.5, 0.6) is 0 Å². The molecule has 1 aliphatic carbocycles. The van der Waals surface area contributed by atoms with Gasteiger partial charge in [-0.1, -0.05) is 30.7 Å². The lowest BCUT2D eigenvalue weighted by atomic mass is 10.0. The maximum absolute atomic E-state index is 6.04. The van der Waals surface area contributed by atoms with Gasteiger partial charge < -0.3 is 5.73 Å². The van der Waals surface area contributed by atoms with Crippen molar-refractivity contribution in [3.05, 3.63) is 34.3 Å². The molecule has 0 amide bonds. The van der Waals surface area contributed by atoms with E-state index in [1.54, 1.807) is 0 Å². The van der Waals surface area contributed by atoms with Gasteiger partial charge in [-0.3, -0.25) is 0 Å². The van der Waals surface area contributed by atoms with Crippen molar-refractivity contribution in [3.8, 4) is 0 Å². The van der Waals surface area contributed by atoms with Crippen LogP contribution in [-0.2, 0) is 6.42 Å². The highest BCUT2D eigenvalue weighted by Gasteiger charge is 2.27. The summed E-state index contributed by atoms with van der Waals surface area (Å²) in [7, 11) is 0. The first kappa shape index (κ1) is 8.09. The van der Waals surface area contributed by atoms with Gasteiger partial charge in [0.05, 0.1) is 0 Å². The first-order valence-corrected chi connectivity index (χ1v) is 4.61. The van der Waals surface area contributed by atoms with Crippen molar-refractivity contribution in [3.63, 3.8) is 0 Å². The Bertz CT molecular complexity index is 309. The molecule has 1 aromatic rings. The molecular formula is C10H12ClN. The van der Waals surface area contributed by atoms with Crippen molar-refractivity contribution in [2.75, 3.05) is 0 Å². The Morgan fingerprint density at radius 1 is 1.50 bits per heavy atom. The van der Waals surface area contributed by atoms with E-state index in [-0.39, 0.29) is 6.04 Å². The highest BCUT2D eigenvalue weighted by molar-refractivity contribution is 6.31. The van der Waals surface area contributed by atoms with E-state index in [0.717, 1.165) is 11.4 Å². The van der Waals surface area contributed by atoms with Crippen LogP contribution in [0.2, 0.25) is 5.02 Å². The maximum Gasteiger partial charge on any atom is 0.0441 e. The van der Waals surface area contributed by atoms with E-state index < -0.39 is 0 Å². The zero-order chi connectivity index (χ0) is 8.72. The van der Waals surface area contributed by atoms with Crippen LogP contribution in [-0.4, -0.2) is 0 Å². The fraction of sp³-hybridized carbons (Fsp3) is 0.400. The molecule has 0 aliphatic heterocycles. The minimum Gasteiger partial charge on any atom is -0.324 e. The molecule has 0 unspecified atom stereocenters. The van der Waals surface area contributed by atoms with Crippen LogP contribution in [0.4, 0.5) is 0 Å². The van der Waals surface area contributed by atoms with Gasteiger partial charge in [0, 0.05) is 11.1 Å². The van der Waals surface area contributed by atoms with Gasteiger partial charge in [0.1, 0.15) is 0 Å². The average Bonchev–Trinajstić information content (AvgIpc) is 2.32. The molecule has 0 aromatic heterocycles. The Kier molecular flexibility index (Phi) is 1.85. The van der Waals surface area contributed by atoms with Crippen LogP contribution in [0.15, 0.2) is 18.2 Å². The van der Waals surface area contributed by atoms with E-state index in [2.05, 4.69) is 13.0 Å². The van der Waals surface area contributed by atoms with Gasteiger partial charge in [0.25, 0.3) is 0 Å². The lowest BCUT2D eigenvalue weighted by Gasteiger charge is -2.08. The number of hydrogen-bond acceptors (Lipinski definition) is 1. The molecule has 0 fully saturated rings. The van der Waals surface area contributed by atoms with Gasteiger partial charge in [0.2, 0.25) is 0 Å². The van der Waals surface area contributed by atoms with Crippen molar-refractivity contribution < 1.29 is 0 Å². The molecular weight excluding hydrogens is 170 g/mol. The summed E-state index contributed by atoms with van der Waals surface area (Å²) in [6.45, 7) is 2.17. The number of nitrogens with two attached hydrogens (primary N) is 1. The van der Waals surface area contributed by atoms with Crippen LogP contribution < -0.4 is 5.73 Å². The third kappa shape index (κ3) is 1.05. The molecule has 0 bridgehead atoms. The normalized spacial score (nSPS) is 27.2. The van der Waals surface area contributed by atoms with Gasteiger partial charge in [-0.2, -0.15) is 0 Å². The molecule has 1 nitrogen and oxygen atoms in total. The molecule has 1 aliphatic rings. The topological polar surface area (TPSA) is 26.0 Å².